The summed E-state index contributed by atoms with van der Waals surface area (Å²) in [6.45, 7) is 5.46. The normalized spacial score (nSPS) is 32.8. The molecule has 16 heavy (non-hydrogen) atoms. The lowest BCUT2D eigenvalue weighted by Crippen LogP contribution is -2.39. The van der Waals surface area contributed by atoms with Crippen LogP contribution in [-0.2, 0) is 4.74 Å². The highest BCUT2D eigenvalue weighted by molar-refractivity contribution is 4.82. The lowest BCUT2D eigenvalue weighted by Gasteiger charge is -2.25. The number of hydrogen-bond acceptors (Lipinski definition) is 2. The summed E-state index contributed by atoms with van der Waals surface area (Å²) in [5.41, 5.74) is 0.130. The number of rotatable bonds is 4. The molecule has 0 amide bonds. The molecule has 0 aromatic rings. The van der Waals surface area contributed by atoms with Crippen molar-refractivity contribution in [1.29, 1.82) is 0 Å². The van der Waals surface area contributed by atoms with E-state index in [2.05, 4.69) is 12.2 Å². The van der Waals surface area contributed by atoms with Crippen LogP contribution in [0.5, 0.6) is 0 Å². The van der Waals surface area contributed by atoms with Crippen LogP contribution >= 0.6 is 0 Å². The summed E-state index contributed by atoms with van der Waals surface area (Å²) in [6.07, 6.45) is 11.1. The van der Waals surface area contributed by atoms with Crippen LogP contribution in [0.1, 0.15) is 58.3 Å². The van der Waals surface area contributed by atoms with E-state index >= 15 is 0 Å². The first-order valence-corrected chi connectivity index (χ1v) is 7.13. The number of ether oxygens (including phenoxy) is 1. The Morgan fingerprint density at radius 2 is 1.88 bits per heavy atom. The van der Waals surface area contributed by atoms with Crippen LogP contribution in [0.4, 0.5) is 0 Å². The van der Waals surface area contributed by atoms with Crippen molar-refractivity contribution in [2.75, 3.05) is 19.7 Å². The highest BCUT2D eigenvalue weighted by Crippen LogP contribution is 2.25. The summed E-state index contributed by atoms with van der Waals surface area (Å²) in [4.78, 5) is 0. The van der Waals surface area contributed by atoms with Gasteiger partial charge in [-0.05, 0) is 45.1 Å². The van der Waals surface area contributed by atoms with Crippen LogP contribution in [0.25, 0.3) is 0 Å². The van der Waals surface area contributed by atoms with Crippen molar-refractivity contribution < 1.29 is 4.74 Å². The summed E-state index contributed by atoms with van der Waals surface area (Å²) in [7, 11) is 0. The zero-order valence-electron chi connectivity index (χ0n) is 10.8. The van der Waals surface area contributed by atoms with Gasteiger partial charge in [0.25, 0.3) is 0 Å². The van der Waals surface area contributed by atoms with Crippen molar-refractivity contribution in [3.63, 3.8) is 0 Å². The molecule has 2 aliphatic rings. The molecule has 1 unspecified atom stereocenters. The van der Waals surface area contributed by atoms with E-state index in [9.17, 15) is 0 Å². The topological polar surface area (TPSA) is 21.3 Å². The van der Waals surface area contributed by atoms with Crippen LogP contribution in [0.2, 0.25) is 0 Å². The Bertz CT molecular complexity index is 191. The van der Waals surface area contributed by atoms with Crippen molar-refractivity contribution in [2.24, 2.45) is 5.92 Å². The Hall–Kier alpha value is -0.0800. The molecule has 1 aliphatic carbocycles. The van der Waals surface area contributed by atoms with E-state index in [0.29, 0.717) is 0 Å². The lowest BCUT2D eigenvalue weighted by atomic mass is 9.99. The minimum Gasteiger partial charge on any atom is -0.374 e. The van der Waals surface area contributed by atoms with Crippen LogP contribution in [-0.4, -0.2) is 25.3 Å². The van der Waals surface area contributed by atoms with E-state index in [1.807, 2.05) is 0 Å². The van der Waals surface area contributed by atoms with Gasteiger partial charge in [0.15, 0.2) is 0 Å². The fourth-order valence-corrected chi connectivity index (χ4v) is 3.09. The average molecular weight is 225 g/mol. The maximum atomic E-state index is 5.79. The summed E-state index contributed by atoms with van der Waals surface area (Å²) in [5.74, 6) is 0.924. The summed E-state index contributed by atoms with van der Waals surface area (Å²) < 4.78 is 5.79. The Morgan fingerprint density at radius 3 is 2.50 bits per heavy atom. The van der Waals surface area contributed by atoms with Gasteiger partial charge in [0.2, 0.25) is 0 Å². The molecular formula is C14H27NO. The first kappa shape index (κ1) is 12.4. The third-order valence-corrected chi connectivity index (χ3v) is 4.21. The van der Waals surface area contributed by atoms with Gasteiger partial charge in [0.05, 0.1) is 5.60 Å². The fourth-order valence-electron chi connectivity index (χ4n) is 3.09. The van der Waals surface area contributed by atoms with Crippen molar-refractivity contribution in [2.45, 2.75) is 63.9 Å². The largest absolute Gasteiger partial charge is 0.374 e. The second kappa shape index (κ2) is 6.02. The molecule has 1 saturated carbocycles. The van der Waals surface area contributed by atoms with Gasteiger partial charge < -0.3 is 10.1 Å². The van der Waals surface area contributed by atoms with Gasteiger partial charge in [0, 0.05) is 13.2 Å². The minimum atomic E-state index is 0.130. The molecule has 94 valence electrons. The fraction of sp³-hybridized carbons (Fsp3) is 1.00. The van der Waals surface area contributed by atoms with Gasteiger partial charge in [0.1, 0.15) is 0 Å². The molecule has 0 aromatic carbocycles. The minimum absolute atomic E-state index is 0.130. The first-order valence-electron chi connectivity index (χ1n) is 7.13. The van der Waals surface area contributed by atoms with Crippen molar-refractivity contribution >= 4 is 0 Å². The Labute approximate surface area is 100 Å². The highest BCUT2D eigenvalue weighted by Gasteiger charge is 2.29. The molecule has 0 spiro atoms. The van der Waals surface area contributed by atoms with Gasteiger partial charge in [-0.3, -0.25) is 0 Å². The molecule has 2 fully saturated rings. The molecule has 1 N–H and O–H groups in total. The Balaban J connectivity index is 1.62. The van der Waals surface area contributed by atoms with Crippen molar-refractivity contribution in [3.05, 3.63) is 0 Å². The Morgan fingerprint density at radius 1 is 1.12 bits per heavy atom. The predicted octanol–water partition coefficient (Wildman–Crippen LogP) is 3.12. The SMILES string of the molecule is CC1(CNCC2CCCCCC2)CCCO1. The van der Waals surface area contributed by atoms with Crippen LogP contribution in [0, 0.1) is 5.92 Å². The second-order valence-corrected chi connectivity index (χ2v) is 5.89. The summed E-state index contributed by atoms with van der Waals surface area (Å²) >= 11 is 0. The van der Waals surface area contributed by atoms with Gasteiger partial charge in [-0.15, -0.1) is 0 Å². The van der Waals surface area contributed by atoms with E-state index in [1.54, 1.807) is 0 Å². The monoisotopic (exact) mass is 225 g/mol. The average Bonchev–Trinajstić information content (AvgIpc) is 2.53. The molecule has 1 heterocycles. The van der Waals surface area contributed by atoms with Crippen LogP contribution < -0.4 is 5.32 Å². The highest BCUT2D eigenvalue weighted by atomic mass is 16.5. The third-order valence-electron chi connectivity index (χ3n) is 4.21. The third kappa shape index (κ3) is 3.74. The van der Waals surface area contributed by atoms with Crippen molar-refractivity contribution in [1.82, 2.24) is 5.32 Å². The summed E-state index contributed by atoms with van der Waals surface area (Å²) in [6, 6.07) is 0. The molecule has 0 bridgehead atoms. The van der Waals surface area contributed by atoms with Gasteiger partial charge in [-0.2, -0.15) is 0 Å². The molecule has 1 atom stereocenters. The number of hydrogen-bond donors (Lipinski definition) is 1. The van der Waals surface area contributed by atoms with Gasteiger partial charge >= 0.3 is 0 Å². The first-order chi connectivity index (χ1) is 7.79. The van der Waals surface area contributed by atoms with Crippen LogP contribution in [0.3, 0.4) is 0 Å². The molecule has 0 radical (unpaired) electrons. The molecule has 2 heteroatoms. The van der Waals surface area contributed by atoms with Gasteiger partial charge in [-0.1, -0.05) is 25.7 Å². The standard InChI is InChI=1S/C14H27NO/c1-14(9-6-10-16-14)12-15-11-13-7-4-2-3-5-8-13/h13,15H,2-12H2,1H3. The van der Waals surface area contributed by atoms with Gasteiger partial charge in [-0.25, -0.2) is 0 Å². The van der Waals surface area contributed by atoms with E-state index in [0.717, 1.165) is 19.1 Å². The van der Waals surface area contributed by atoms with Crippen LogP contribution in [0.15, 0.2) is 0 Å². The maximum Gasteiger partial charge on any atom is 0.0779 e. The van der Waals surface area contributed by atoms with E-state index in [4.69, 9.17) is 4.74 Å². The van der Waals surface area contributed by atoms with E-state index in [1.165, 1.54) is 57.9 Å². The quantitative estimate of drug-likeness (QED) is 0.742. The molecular weight excluding hydrogens is 198 g/mol. The van der Waals surface area contributed by atoms with E-state index < -0.39 is 0 Å². The molecule has 1 saturated heterocycles. The predicted molar refractivity (Wildman–Crippen MR) is 67.7 cm³/mol. The van der Waals surface area contributed by atoms with Crippen molar-refractivity contribution in [3.8, 4) is 0 Å². The number of nitrogens with one attached hydrogen (secondary N) is 1. The lowest BCUT2D eigenvalue weighted by molar-refractivity contribution is 0.0202. The molecule has 0 aromatic heterocycles. The zero-order valence-corrected chi connectivity index (χ0v) is 10.8. The molecule has 2 nitrogen and oxygen atoms in total. The van der Waals surface area contributed by atoms with E-state index in [-0.39, 0.29) is 5.60 Å². The molecule has 1 aliphatic heterocycles. The maximum absolute atomic E-state index is 5.79. The Kier molecular flexibility index (Phi) is 4.66. The molecule has 2 rings (SSSR count). The summed E-state index contributed by atoms with van der Waals surface area (Å²) in [5, 5.41) is 3.64. The smallest absolute Gasteiger partial charge is 0.0779 e. The zero-order chi connectivity index (χ0) is 11.3. The second-order valence-electron chi connectivity index (χ2n) is 5.89.